The predicted octanol–water partition coefficient (Wildman–Crippen LogP) is 9.12. The van der Waals surface area contributed by atoms with Gasteiger partial charge in [0.2, 0.25) is 76.8 Å². The van der Waals surface area contributed by atoms with Crippen molar-refractivity contribution in [2.45, 2.75) is 28.8 Å². The number of benzene rings is 4. The van der Waals surface area contributed by atoms with Gasteiger partial charge in [0.25, 0.3) is 3.12 Å². The van der Waals surface area contributed by atoms with E-state index in [9.17, 15) is 14.4 Å². The van der Waals surface area contributed by atoms with Gasteiger partial charge < -0.3 is 75.5 Å². The summed E-state index contributed by atoms with van der Waals surface area (Å²) < 4.78 is 56.8. The third-order valence-corrected chi connectivity index (χ3v) is 17.3. The highest BCUT2D eigenvalue weighted by Crippen LogP contribution is 2.41. The molecule has 5 aromatic heterocycles. The fraction of sp³-hybridized carbons (Fsp3) is 0.316. The molecular formula is C57H62Cl7N17O11S4. The van der Waals surface area contributed by atoms with E-state index in [4.69, 9.17) is 130 Å². The number of ether oxygens (including phenoxy) is 8. The van der Waals surface area contributed by atoms with Gasteiger partial charge in [-0.2, -0.15) is 28.1 Å². The first-order chi connectivity index (χ1) is 46.4. The average molecular weight is 1540 g/mol. The minimum absolute atomic E-state index is 0.00113. The molecule has 96 heavy (non-hydrogen) atoms. The quantitative estimate of drug-likeness (QED) is 0.0411. The van der Waals surface area contributed by atoms with Gasteiger partial charge >= 0.3 is 0 Å². The number of amides is 3. The number of likely N-dealkylation sites (N-methyl/N-ethyl adjacent to an activating group) is 2. The Hall–Kier alpha value is -7.31. The lowest BCUT2D eigenvalue weighted by atomic mass is 10.1. The number of nitrogens with one attached hydrogen (secondary N) is 4. The third kappa shape index (κ3) is 26.6. The first-order valence-corrected chi connectivity index (χ1v) is 34.6. The molecule has 0 atom stereocenters. The van der Waals surface area contributed by atoms with Crippen LogP contribution in [-0.2, 0) is 40.1 Å². The van der Waals surface area contributed by atoms with Gasteiger partial charge in [-0.3, -0.25) is 23.5 Å². The van der Waals surface area contributed by atoms with Crippen LogP contribution in [0.1, 0.15) is 22.3 Å². The number of alkyl halides is 4. The average Bonchev–Trinajstić information content (AvgIpc) is 1.80. The van der Waals surface area contributed by atoms with Gasteiger partial charge in [0, 0.05) is 97.0 Å². The first-order valence-electron chi connectivity index (χ1n) is 28.3. The first kappa shape index (κ1) is 76.1. The molecule has 39 heteroatoms. The number of hydrogen-bond acceptors (Lipinski definition) is 27. The Morgan fingerprint density at radius 3 is 1.33 bits per heavy atom. The lowest BCUT2D eigenvalue weighted by Crippen LogP contribution is -2.36. The largest absolute Gasteiger partial charge is 0.454 e. The maximum atomic E-state index is 12.2. The minimum atomic E-state index is -1.36. The smallest absolute Gasteiger partial charge is 0.251 e. The van der Waals surface area contributed by atoms with Crippen molar-refractivity contribution in [2.24, 2.45) is 5.73 Å². The highest BCUT2D eigenvalue weighted by molar-refractivity contribution is 8.25. The van der Waals surface area contributed by atoms with E-state index >= 15 is 0 Å². The number of aromatic nitrogens is 10. The van der Waals surface area contributed by atoms with Crippen LogP contribution in [-0.4, -0.2) is 154 Å². The summed E-state index contributed by atoms with van der Waals surface area (Å²) >= 11 is 35.0. The number of carbonyl (C=O) groups excluding carboxylic acids is 3. The van der Waals surface area contributed by atoms with E-state index in [1.807, 2.05) is 79.8 Å². The zero-order valence-electron chi connectivity index (χ0n) is 50.8. The van der Waals surface area contributed by atoms with Crippen molar-refractivity contribution in [3.63, 3.8) is 0 Å². The van der Waals surface area contributed by atoms with E-state index in [0.29, 0.717) is 76.5 Å². The Bertz CT molecular complexity index is 3820. The Morgan fingerprint density at radius 2 is 0.979 bits per heavy atom. The number of carbonyl (C=O) groups is 3. The summed E-state index contributed by atoms with van der Waals surface area (Å²) in [5.41, 5.74) is 15.0. The normalized spacial score (nSPS) is 12.0. The van der Waals surface area contributed by atoms with E-state index in [1.54, 1.807) is 58.5 Å². The number of nitrogen functional groups attached to an aromatic ring is 1. The second-order valence-corrected chi connectivity index (χ2v) is 27.1. The van der Waals surface area contributed by atoms with Crippen molar-refractivity contribution in [1.29, 1.82) is 0 Å². The molecule has 4 aliphatic rings. The molecule has 9 heterocycles. The van der Waals surface area contributed by atoms with E-state index in [1.165, 1.54) is 17.1 Å². The third-order valence-electron chi connectivity index (χ3n) is 12.3. The van der Waals surface area contributed by atoms with E-state index in [2.05, 4.69) is 59.3 Å². The highest BCUT2D eigenvalue weighted by atomic mass is 35.7. The monoisotopic (exact) mass is 1530 g/mol. The van der Waals surface area contributed by atoms with Crippen LogP contribution in [0.5, 0.6) is 46.0 Å². The molecule has 0 radical (unpaired) electrons. The molecular weight excluding hydrogens is 1480 g/mol. The lowest BCUT2D eigenvalue weighted by Gasteiger charge is -2.14. The van der Waals surface area contributed by atoms with E-state index in [0.717, 1.165) is 111 Å². The number of rotatable bonds is 19. The predicted molar refractivity (Wildman–Crippen MR) is 373 cm³/mol. The Balaban J connectivity index is 0.000000166. The molecule has 28 nitrogen and oxygen atoms in total. The molecule has 0 bridgehead atoms. The van der Waals surface area contributed by atoms with Gasteiger partial charge in [-0.1, -0.05) is 59.1 Å². The van der Waals surface area contributed by atoms with Crippen molar-refractivity contribution < 1.29 is 52.3 Å². The molecule has 0 saturated heterocycles. The summed E-state index contributed by atoms with van der Waals surface area (Å²) in [5.74, 6) is 7.42. The second-order valence-electron chi connectivity index (χ2n) is 19.2. The molecule has 0 aliphatic carbocycles. The summed E-state index contributed by atoms with van der Waals surface area (Å²) in [6, 6.07) is 23.3. The molecule has 4 aliphatic heterocycles. The molecule has 0 spiro atoms. The highest BCUT2D eigenvalue weighted by Gasteiger charge is 2.19. The fourth-order valence-corrected chi connectivity index (χ4v) is 9.79. The van der Waals surface area contributed by atoms with E-state index < -0.39 is 3.12 Å². The number of anilines is 2. The maximum Gasteiger partial charge on any atom is 0.251 e. The van der Waals surface area contributed by atoms with Gasteiger partial charge in [-0.05, 0) is 144 Å². The Kier molecular flexibility index (Phi) is 32.0. The van der Waals surface area contributed by atoms with Crippen LogP contribution in [0.3, 0.4) is 0 Å². The molecule has 13 rings (SSSR count). The van der Waals surface area contributed by atoms with Gasteiger partial charge in [0.15, 0.2) is 46.0 Å². The van der Waals surface area contributed by atoms with Crippen molar-refractivity contribution in [3.05, 3.63) is 141 Å². The standard InChI is InChI=1S/C17H18N6O3S.C12H16N2O3.C11H12ClNO3.C9H11NO2.C5H3ClN4S.C2H2ClN3S.CCl4S/c1-22(17-20-16(21-27-17)23-7-6-18-10-23)9-15(24)19-5-4-12-2-3-13-14(8-12)26-11-25-13;1-13-7-12(15)14-5-4-9-2-3-10-11(6-9)17-8-16-10;12-6-11(14)13-4-3-8-1-2-9-10(5-8)16-7-15-9;10-4-3-7-1-2-8-9(5-7)12-6-11-8;6-4-8-5(9-11-4)10-2-1-7-3-10;3-1-5-2(4)6-7-1;2-1(3,4)6-5/h2-3,6-8,10H,4-5,9,11H2,1H3,(H,19,24);2-3,6,13H,4-5,7-8H2,1H3,(H,14,15);1-2,5H,3-4,6-7H2,(H,13,14);1-2,5H,3-4,6,10H2;1-3H;(H2,4,6);. The summed E-state index contributed by atoms with van der Waals surface area (Å²) in [4.78, 5) is 55.8. The number of halogens is 7. The topological polar surface area (TPSA) is 341 Å². The molecule has 514 valence electrons. The summed E-state index contributed by atoms with van der Waals surface area (Å²) in [5, 5.41) is 11.9. The summed E-state index contributed by atoms with van der Waals surface area (Å²) in [6.07, 6.45) is 13.3. The zero-order chi connectivity index (χ0) is 68.7. The van der Waals surface area contributed by atoms with Crippen LogP contribution in [0.4, 0.5) is 11.1 Å². The molecule has 0 fully saturated rings. The second kappa shape index (κ2) is 40.4. The van der Waals surface area contributed by atoms with Crippen molar-refractivity contribution >= 4 is 155 Å². The molecule has 0 unspecified atom stereocenters. The number of imidazole rings is 2. The number of fused-ring (bicyclic) bond motifs is 4. The van der Waals surface area contributed by atoms with Crippen molar-refractivity contribution in [3.8, 4) is 57.9 Å². The summed E-state index contributed by atoms with van der Waals surface area (Å²) in [7, 11) is 9.21. The Labute approximate surface area is 601 Å². The van der Waals surface area contributed by atoms with Crippen LogP contribution in [0.25, 0.3) is 11.9 Å². The van der Waals surface area contributed by atoms with Crippen LogP contribution < -0.4 is 75.5 Å². The summed E-state index contributed by atoms with van der Waals surface area (Å²) in [6.45, 7) is 4.13. The van der Waals surface area contributed by atoms with Gasteiger partial charge in [-0.15, -0.1) is 11.6 Å². The van der Waals surface area contributed by atoms with Crippen LogP contribution in [0.2, 0.25) is 8.93 Å². The molecule has 9 aromatic rings. The number of hydrogen-bond donors (Lipinski definition) is 6. The van der Waals surface area contributed by atoms with Crippen LogP contribution in [0.15, 0.2) is 110 Å². The van der Waals surface area contributed by atoms with Gasteiger partial charge in [-0.25, -0.2) is 9.97 Å². The zero-order valence-corrected chi connectivity index (χ0v) is 59.4. The van der Waals surface area contributed by atoms with Crippen LogP contribution in [0, 0.1) is 0 Å². The SMILES string of the molecule is CN(CC(=O)NCCc1ccc2c(c1)OCO2)c1nc(-n2ccnc2)ns1.CNCC(=O)NCCc1ccc2c(c1)OCO2.ClSC(Cl)(Cl)Cl.Clc1nc(-n2ccnc2)ns1.NCCc1ccc2c(c1)OCO2.Nc1nsc(Cl)n1.O=C(CCl)NCCc1ccc2c(c1)OCO2. The lowest BCUT2D eigenvalue weighted by molar-refractivity contribution is -0.120. The van der Waals surface area contributed by atoms with E-state index in [-0.39, 0.29) is 56.5 Å². The van der Waals surface area contributed by atoms with Gasteiger partial charge in [0.1, 0.15) is 18.5 Å². The van der Waals surface area contributed by atoms with Crippen molar-refractivity contribution in [2.75, 3.05) is 97.0 Å². The van der Waals surface area contributed by atoms with Gasteiger partial charge in [0.05, 0.1) is 13.1 Å². The van der Waals surface area contributed by atoms with Crippen LogP contribution >= 0.6 is 126 Å². The Morgan fingerprint density at radius 1 is 0.583 bits per heavy atom. The molecule has 0 saturated carbocycles. The molecule has 8 N–H and O–H groups in total. The molecule has 3 amide bonds. The number of nitrogens with two attached hydrogens (primary N) is 2. The number of nitrogens with zero attached hydrogens (tertiary/aromatic N) is 11. The fourth-order valence-electron chi connectivity index (χ4n) is 7.94. The van der Waals surface area contributed by atoms with Crippen molar-refractivity contribution in [1.82, 2.24) is 68.4 Å². The minimum Gasteiger partial charge on any atom is -0.454 e. The molecule has 4 aromatic carbocycles. The maximum absolute atomic E-state index is 12.2.